The van der Waals surface area contributed by atoms with Crippen molar-refractivity contribution in [2.45, 2.75) is 26.2 Å². The fourth-order valence-corrected chi connectivity index (χ4v) is 2.43. The van der Waals surface area contributed by atoms with E-state index in [2.05, 4.69) is 10.5 Å². The highest BCUT2D eigenvalue weighted by Gasteiger charge is 2.29. The van der Waals surface area contributed by atoms with Crippen LogP contribution < -0.4 is 15.1 Å². The average molecular weight is 353 g/mol. The highest BCUT2D eigenvalue weighted by molar-refractivity contribution is 5.89. The number of anilines is 1. The highest BCUT2D eigenvalue weighted by atomic mass is 16.5. The van der Waals surface area contributed by atoms with Crippen molar-refractivity contribution in [1.82, 2.24) is 5.43 Å². The van der Waals surface area contributed by atoms with E-state index in [1.807, 2.05) is 88.3 Å². The third kappa shape index (κ3) is 4.85. The van der Waals surface area contributed by atoms with Gasteiger partial charge in [-0.3, -0.25) is 4.79 Å². The lowest BCUT2D eigenvalue weighted by Crippen LogP contribution is -2.37. The van der Waals surface area contributed by atoms with E-state index in [4.69, 9.17) is 4.74 Å². The molecular weight excluding hydrogens is 326 g/mol. The van der Waals surface area contributed by atoms with Gasteiger partial charge in [0.1, 0.15) is 5.75 Å². The number of rotatable bonds is 7. The number of hydrogen-bond donors (Lipinski definition) is 1. The molecule has 0 saturated heterocycles. The van der Waals surface area contributed by atoms with Gasteiger partial charge >= 0.3 is 0 Å². The molecule has 1 N–H and O–H groups in total. The second-order valence-electron chi connectivity index (χ2n) is 6.77. The van der Waals surface area contributed by atoms with Gasteiger partial charge in [0, 0.05) is 19.8 Å². The Morgan fingerprint density at radius 1 is 1.12 bits per heavy atom. The van der Waals surface area contributed by atoms with Gasteiger partial charge in [-0.05, 0) is 56.2 Å². The second-order valence-corrected chi connectivity index (χ2v) is 6.77. The molecule has 0 fully saturated rings. The number of hydrazone groups is 1. The van der Waals surface area contributed by atoms with Crippen LogP contribution in [-0.2, 0) is 10.2 Å². The summed E-state index contributed by atoms with van der Waals surface area (Å²) in [7, 11) is 3.98. The fourth-order valence-electron chi connectivity index (χ4n) is 2.43. The molecule has 2 aromatic carbocycles. The molecule has 2 aromatic rings. The highest BCUT2D eigenvalue weighted by Crippen LogP contribution is 2.25. The van der Waals surface area contributed by atoms with Crippen LogP contribution in [-0.4, -0.2) is 32.8 Å². The Balaban J connectivity index is 2.00. The van der Waals surface area contributed by atoms with Crippen LogP contribution in [0.25, 0.3) is 0 Å². The number of hydrogen-bond acceptors (Lipinski definition) is 4. The molecule has 0 radical (unpaired) electrons. The number of ether oxygens (including phenoxy) is 1. The second kappa shape index (κ2) is 8.52. The van der Waals surface area contributed by atoms with Crippen LogP contribution in [0.5, 0.6) is 5.75 Å². The van der Waals surface area contributed by atoms with Crippen LogP contribution in [0.2, 0.25) is 0 Å². The summed E-state index contributed by atoms with van der Waals surface area (Å²) in [5.41, 5.74) is 4.88. The number of carbonyl (C=O) groups is 1. The zero-order valence-electron chi connectivity index (χ0n) is 16.1. The zero-order valence-corrected chi connectivity index (χ0v) is 16.1. The first kappa shape index (κ1) is 19.5. The van der Waals surface area contributed by atoms with E-state index in [9.17, 15) is 4.79 Å². The summed E-state index contributed by atoms with van der Waals surface area (Å²) in [6.07, 6.45) is 1.64. The van der Waals surface area contributed by atoms with Crippen molar-refractivity contribution in [3.63, 3.8) is 0 Å². The van der Waals surface area contributed by atoms with Crippen molar-refractivity contribution in [3.05, 3.63) is 59.7 Å². The molecule has 138 valence electrons. The van der Waals surface area contributed by atoms with Gasteiger partial charge in [-0.2, -0.15) is 5.10 Å². The van der Waals surface area contributed by atoms with E-state index < -0.39 is 5.41 Å². The van der Waals surface area contributed by atoms with Crippen LogP contribution in [0, 0.1) is 0 Å². The largest absolute Gasteiger partial charge is 0.494 e. The first-order valence-electron chi connectivity index (χ1n) is 8.69. The Hall–Kier alpha value is -2.82. The van der Waals surface area contributed by atoms with Crippen LogP contribution >= 0.6 is 0 Å². The van der Waals surface area contributed by atoms with Gasteiger partial charge in [0.15, 0.2) is 0 Å². The number of carbonyl (C=O) groups excluding carboxylic acids is 1. The van der Waals surface area contributed by atoms with Crippen molar-refractivity contribution in [1.29, 1.82) is 0 Å². The maximum atomic E-state index is 12.5. The summed E-state index contributed by atoms with van der Waals surface area (Å²) in [5, 5.41) is 4.09. The van der Waals surface area contributed by atoms with Gasteiger partial charge in [-0.25, -0.2) is 5.43 Å². The summed E-state index contributed by atoms with van der Waals surface area (Å²) in [6, 6.07) is 15.5. The van der Waals surface area contributed by atoms with E-state index in [-0.39, 0.29) is 5.91 Å². The van der Waals surface area contributed by atoms with Crippen molar-refractivity contribution < 1.29 is 9.53 Å². The van der Waals surface area contributed by atoms with Crippen molar-refractivity contribution >= 4 is 17.8 Å². The number of nitrogens with zero attached hydrogens (tertiary/aromatic N) is 2. The fraction of sp³-hybridized carbons (Fsp3) is 0.333. The van der Waals surface area contributed by atoms with E-state index in [1.165, 1.54) is 0 Å². The lowest BCUT2D eigenvalue weighted by Gasteiger charge is -2.23. The molecule has 0 aliphatic carbocycles. The van der Waals surface area contributed by atoms with Gasteiger partial charge in [0.25, 0.3) is 0 Å². The molecule has 0 bridgehead atoms. The monoisotopic (exact) mass is 353 g/mol. The predicted molar refractivity (Wildman–Crippen MR) is 107 cm³/mol. The molecular formula is C21H27N3O2. The molecule has 0 aliphatic heterocycles. The quantitative estimate of drug-likeness (QED) is 0.611. The van der Waals surface area contributed by atoms with Gasteiger partial charge in [0.05, 0.1) is 18.2 Å². The van der Waals surface area contributed by atoms with Crippen molar-refractivity contribution in [2.75, 3.05) is 25.6 Å². The minimum absolute atomic E-state index is 0.164. The first-order valence-corrected chi connectivity index (χ1v) is 8.69. The van der Waals surface area contributed by atoms with E-state index in [0.717, 1.165) is 22.6 Å². The standard InChI is InChI=1S/C21H27N3O2/c1-6-26-19-13-9-17(10-14-19)21(2,3)20(25)23-22-15-16-7-11-18(12-8-16)24(4)5/h7-15H,6H2,1-5H3,(H,23,25)/b22-15-. The number of benzene rings is 2. The van der Waals surface area contributed by atoms with E-state index in [1.54, 1.807) is 6.21 Å². The van der Waals surface area contributed by atoms with Gasteiger partial charge in [0.2, 0.25) is 5.91 Å². The van der Waals surface area contributed by atoms with Crippen LogP contribution in [0.1, 0.15) is 31.9 Å². The molecule has 5 heteroatoms. The Kier molecular flexibility index (Phi) is 6.39. The third-order valence-corrected chi connectivity index (χ3v) is 4.24. The Labute approximate surface area is 155 Å². The molecule has 0 saturated carbocycles. The third-order valence-electron chi connectivity index (χ3n) is 4.24. The smallest absolute Gasteiger partial charge is 0.250 e. The van der Waals surface area contributed by atoms with Crippen LogP contribution in [0.15, 0.2) is 53.6 Å². The average Bonchev–Trinajstić information content (AvgIpc) is 2.62. The van der Waals surface area contributed by atoms with E-state index >= 15 is 0 Å². The molecule has 0 aromatic heterocycles. The zero-order chi connectivity index (χ0) is 19.2. The summed E-state index contributed by atoms with van der Waals surface area (Å²) in [5.74, 6) is 0.634. The van der Waals surface area contributed by atoms with E-state index in [0.29, 0.717) is 6.61 Å². The maximum absolute atomic E-state index is 12.5. The molecule has 0 atom stereocenters. The molecule has 0 spiro atoms. The number of amides is 1. The lowest BCUT2D eigenvalue weighted by atomic mass is 9.84. The number of nitrogens with one attached hydrogen (secondary N) is 1. The Bertz CT molecular complexity index is 748. The molecule has 0 aliphatic rings. The molecule has 26 heavy (non-hydrogen) atoms. The minimum Gasteiger partial charge on any atom is -0.494 e. The summed E-state index contributed by atoms with van der Waals surface area (Å²) in [4.78, 5) is 14.6. The summed E-state index contributed by atoms with van der Waals surface area (Å²) >= 11 is 0. The summed E-state index contributed by atoms with van der Waals surface area (Å²) < 4.78 is 5.44. The molecule has 0 unspecified atom stereocenters. The lowest BCUT2D eigenvalue weighted by molar-refractivity contribution is -0.125. The molecule has 0 heterocycles. The summed E-state index contributed by atoms with van der Waals surface area (Å²) in [6.45, 7) is 6.31. The van der Waals surface area contributed by atoms with Gasteiger partial charge in [-0.15, -0.1) is 0 Å². The van der Waals surface area contributed by atoms with Crippen LogP contribution in [0.3, 0.4) is 0 Å². The topological polar surface area (TPSA) is 53.9 Å². The Morgan fingerprint density at radius 2 is 1.73 bits per heavy atom. The normalized spacial score (nSPS) is 11.4. The Morgan fingerprint density at radius 3 is 2.27 bits per heavy atom. The van der Waals surface area contributed by atoms with Crippen LogP contribution in [0.4, 0.5) is 5.69 Å². The molecule has 1 amide bonds. The molecule has 5 nitrogen and oxygen atoms in total. The van der Waals surface area contributed by atoms with Gasteiger partial charge < -0.3 is 9.64 Å². The van der Waals surface area contributed by atoms with Crippen molar-refractivity contribution in [3.8, 4) is 5.75 Å². The first-order chi connectivity index (χ1) is 12.3. The SMILES string of the molecule is CCOc1ccc(C(C)(C)C(=O)N/N=C\c2ccc(N(C)C)cc2)cc1. The van der Waals surface area contributed by atoms with Gasteiger partial charge in [-0.1, -0.05) is 24.3 Å². The van der Waals surface area contributed by atoms with Crippen molar-refractivity contribution in [2.24, 2.45) is 5.10 Å². The minimum atomic E-state index is -0.698. The maximum Gasteiger partial charge on any atom is 0.250 e. The predicted octanol–water partition coefficient (Wildman–Crippen LogP) is 3.58. The molecule has 2 rings (SSSR count).